The van der Waals surface area contributed by atoms with Gasteiger partial charge < -0.3 is 9.47 Å². The van der Waals surface area contributed by atoms with E-state index in [1.165, 1.54) is 24.3 Å². The zero-order chi connectivity index (χ0) is 15.8. The van der Waals surface area contributed by atoms with Crippen molar-refractivity contribution in [3.8, 4) is 11.5 Å². The van der Waals surface area contributed by atoms with Crippen LogP contribution in [0.1, 0.15) is 32.3 Å². The summed E-state index contributed by atoms with van der Waals surface area (Å²) in [4.78, 5) is 33.5. The molecule has 0 aromatic heterocycles. The van der Waals surface area contributed by atoms with E-state index in [1.807, 2.05) is 0 Å². The Bertz CT molecular complexity index is 577. The summed E-state index contributed by atoms with van der Waals surface area (Å²) in [6.45, 7) is 3.30. The van der Waals surface area contributed by atoms with E-state index in [4.69, 9.17) is 21.1 Å². The number of allylic oxidation sites excluding steroid dienone is 1. The molecule has 1 aromatic carbocycles. The van der Waals surface area contributed by atoms with Crippen molar-refractivity contribution in [3.63, 3.8) is 0 Å². The molecule has 0 spiro atoms. The Morgan fingerprint density at radius 2 is 1.62 bits per heavy atom. The molecule has 1 rings (SSSR count). The SMILES string of the molecule is CCC(=O)Oc1ccc(C=CC(=O)Cl)cc1OC(=O)CC. The number of carbonyl (C=O) groups excluding carboxylic acids is 3. The summed E-state index contributed by atoms with van der Waals surface area (Å²) in [5.74, 6) is -0.632. The lowest BCUT2D eigenvalue weighted by atomic mass is 10.2. The second kappa shape index (κ2) is 8.21. The monoisotopic (exact) mass is 310 g/mol. The van der Waals surface area contributed by atoms with Crippen molar-refractivity contribution in [3.05, 3.63) is 29.8 Å². The lowest BCUT2D eigenvalue weighted by Crippen LogP contribution is -2.10. The van der Waals surface area contributed by atoms with Gasteiger partial charge in [-0.3, -0.25) is 14.4 Å². The van der Waals surface area contributed by atoms with E-state index < -0.39 is 17.2 Å². The third kappa shape index (κ3) is 5.79. The van der Waals surface area contributed by atoms with Crippen LogP contribution < -0.4 is 9.47 Å². The smallest absolute Gasteiger partial charge is 0.311 e. The molecule has 0 saturated carbocycles. The Balaban J connectivity index is 3.09. The van der Waals surface area contributed by atoms with Crippen LogP contribution in [0.25, 0.3) is 6.08 Å². The molecule has 21 heavy (non-hydrogen) atoms. The van der Waals surface area contributed by atoms with Gasteiger partial charge >= 0.3 is 11.9 Å². The minimum atomic E-state index is -0.622. The first-order valence-electron chi connectivity index (χ1n) is 6.39. The summed E-state index contributed by atoms with van der Waals surface area (Å²) in [7, 11) is 0. The van der Waals surface area contributed by atoms with Crippen LogP contribution in [0.2, 0.25) is 0 Å². The van der Waals surface area contributed by atoms with Gasteiger partial charge in [0.1, 0.15) is 0 Å². The van der Waals surface area contributed by atoms with Crippen molar-refractivity contribution in [1.82, 2.24) is 0 Å². The van der Waals surface area contributed by atoms with Crippen molar-refractivity contribution in [2.45, 2.75) is 26.7 Å². The lowest BCUT2D eigenvalue weighted by Gasteiger charge is -2.10. The maximum atomic E-state index is 11.4. The highest BCUT2D eigenvalue weighted by Gasteiger charge is 2.12. The quantitative estimate of drug-likeness (QED) is 0.349. The van der Waals surface area contributed by atoms with Crippen LogP contribution in [-0.2, 0) is 14.4 Å². The topological polar surface area (TPSA) is 69.7 Å². The highest BCUT2D eigenvalue weighted by molar-refractivity contribution is 6.66. The van der Waals surface area contributed by atoms with Gasteiger partial charge in [0.2, 0.25) is 5.24 Å². The zero-order valence-electron chi connectivity index (χ0n) is 11.7. The summed E-state index contributed by atoms with van der Waals surface area (Å²) >= 11 is 5.21. The Morgan fingerprint density at radius 1 is 1.05 bits per heavy atom. The zero-order valence-corrected chi connectivity index (χ0v) is 12.5. The average Bonchev–Trinajstić information content (AvgIpc) is 2.46. The van der Waals surface area contributed by atoms with Crippen LogP contribution in [0.3, 0.4) is 0 Å². The molecule has 0 aliphatic rings. The van der Waals surface area contributed by atoms with Crippen LogP contribution in [0.4, 0.5) is 0 Å². The number of ether oxygens (including phenoxy) is 2. The van der Waals surface area contributed by atoms with E-state index in [-0.39, 0.29) is 24.3 Å². The molecule has 6 heteroatoms. The number of halogens is 1. The second-order valence-electron chi connectivity index (χ2n) is 4.00. The molecule has 0 bridgehead atoms. The van der Waals surface area contributed by atoms with Crippen LogP contribution >= 0.6 is 11.6 Å². The first kappa shape index (κ1) is 16.9. The molecule has 0 unspecified atom stereocenters. The number of carbonyl (C=O) groups is 3. The number of benzene rings is 1. The highest BCUT2D eigenvalue weighted by Crippen LogP contribution is 2.29. The van der Waals surface area contributed by atoms with Gasteiger partial charge in [-0.05, 0) is 35.4 Å². The largest absolute Gasteiger partial charge is 0.423 e. The van der Waals surface area contributed by atoms with Crippen molar-refractivity contribution < 1.29 is 23.9 Å². The minimum absolute atomic E-state index is 0.118. The molecule has 0 saturated heterocycles. The van der Waals surface area contributed by atoms with Crippen LogP contribution in [0.15, 0.2) is 24.3 Å². The van der Waals surface area contributed by atoms with E-state index in [2.05, 4.69) is 0 Å². The molecular formula is C15H15ClO5. The van der Waals surface area contributed by atoms with Crippen molar-refractivity contribution in [2.75, 3.05) is 0 Å². The van der Waals surface area contributed by atoms with E-state index in [9.17, 15) is 14.4 Å². The number of hydrogen-bond acceptors (Lipinski definition) is 5. The maximum absolute atomic E-state index is 11.4. The summed E-state index contributed by atoms with van der Waals surface area (Å²) in [6.07, 6.45) is 3.01. The molecule has 1 aromatic rings. The Kier molecular flexibility index (Phi) is 6.62. The van der Waals surface area contributed by atoms with E-state index in [0.717, 1.165) is 0 Å². The molecule has 0 heterocycles. The molecule has 0 fully saturated rings. The fraction of sp³-hybridized carbons (Fsp3) is 0.267. The normalized spacial score (nSPS) is 10.4. The molecule has 5 nitrogen and oxygen atoms in total. The van der Waals surface area contributed by atoms with Crippen molar-refractivity contribution >= 4 is 34.9 Å². The predicted octanol–water partition coefficient (Wildman–Crippen LogP) is 3.10. The van der Waals surface area contributed by atoms with Gasteiger partial charge in [-0.15, -0.1) is 0 Å². The third-order valence-electron chi connectivity index (χ3n) is 2.40. The van der Waals surface area contributed by atoms with Crippen LogP contribution in [0.5, 0.6) is 11.5 Å². The number of hydrogen-bond donors (Lipinski definition) is 0. The van der Waals surface area contributed by atoms with Gasteiger partial charge in [-0.1, -0.05) is 26.0 Å². The molecule has 0 radical (unpaired) electrons. The maximum Gasteiger partial charge on any atom is 0.311 e. The average molecular weight is 311 g/mol. The van der Waals surface area contributed by atoms with Gasteiger partial charge in [0, 0.05) is 12.8 Å². The molecule has 0 atom stereocenters. The Morgan fingerprint density at radius 3 is 2.14 bits per heavy atom. The molecular weight excluding hydrogens is 296 g/mol. The lowest BCUT2D eigenvalue weighted by molar-refractivity contribution is -0.136. The summed E-state index contributed by atoms with van der Waals surface area (Å²) in [5.41, 5.74) is 0.583. The summed E-state index contributed by atoms with van der Waals surface area (Å²) < 4.78 is 10.2. The molecule has 0 N–H and O–H groups in total. The first-order chi connectivity index (χ1) is 9.96. The third-order valence-corrected chi connectivity index (χ3v) is 2.53. The molecule has 112 valence electrons. The van der Waals surface area contributed by atoms with Gasteiger partial charge in [0.15, 0.2) is 11.5 Å². The van der Waals surface area contributed by atoms with Gasteiger partial charge in [0.25, 0.3) is 0 Å². The van der Waals surface area contributed by atoms with Crippen LogP contribution in [-0.4, -0.2) is 17.2 Å². The highest BCUT2D eigenvalue weighted by atomic mass is 35.5. The van der Waals surface area contributed by atoms with Crippen molar-refractivity contribution in [2.24, 2.45) is 0 Å². The van der Waals surface area contributed by atoms with E-state index in [0.29, 0.717) is 5.56 Å². The predicted molar refractivity (Wildman–Crippen MR) is 78.2 cm³/mol. The first-order valence-corrected chi connectivity index (χ1v) is 6.77. The summed E-state index contributed by atoms with van der Waals surface area (Å²) in [6, 6.07) is 4.59. The van der Waals surface area contributed by atoms with Crippen LogP contribution in [0, 0.1) is 0 Å². The van der Waals surface area contributed by atoms with Crippen molar-refractivity contribution in [1.29, 1.82) is 0 Å². The van der Waals surface area contributed by atoms with Gasteiger partial charge in [-0.2, -0.15) is 0 Å². The minimum Gasteiger partial charge on any atom is -0.423 e. The molecule has 0 aliphatic carbocycles. The Labute approximate surface area is 127 Å². The standard InChI is InChI=1S/C15H15ClO5/c1-3-14(18)20-11-7-5-10(6-8-13(16)17)9-12(11)21-15(19)4-2/h5-9H,3-4H2,1-2H3. The molecule has 0 aliphatic heterocycles. The molecule has 0 amide bonds. The summed E-state index contributed by atoms with van der Waals surface area (Å²) in [5, 5.41) is -0.622. The van der Waals surface area contributed by atoms with E-state index >= 15 is 0 Å². The number of esters is 2. The number of rotatable bonds is 6. The second-order valence-corrected chi connectivity index (χ2v) is 4.37. The van der Waals surface area contributed by atoms with Gasteiger partial charge in [0.05, 0.1) is 0 Å². The Hall–Kier alpha value is -2.14. The van der Waals surface area contributed by atoms with E-state index in [1.54, 1.807) is 19.9 Å². The van der Waals surface area contributed by atoms with Gasteiger partial charge in [-0.25, -0.2) is 0 Å². The fourth-order valence-corrected chi connectivity index (χ4v) is 1.41. The fourth-order valence-electron chi connectivity index (χ4n) is 1.34.